The average molecular weight is 506 g/mol. The summed E-state index contributed by atoms with van der Waals surface area (Å²) in [6.07, 6.45) is -4.44. The Kier molecular flexibility index (Phi) is 7.45. The van der Waals surface area contributed by atoms with E-state index in [4.69, 9.17) is 16.3 Å². The van der Waals surface area contributed by atoms with Crippen molar-refractivity contribution in [2.75, 3.05) is 38.2 Å². The molecule has 0 spiro atoms. The second-order valence-electron chi connectivity index (χ2n) is 7.50. The third kappa shape index (κ3) is 5.90. The number of benzene rings is 2. The fourth-order valence-corrected chi connectivity index (χ4v) is 5.17. The molecule has 2 aromatic rings. The molecular weight excluding hydrogens is 483 g/mol. The molecule has 1 aliphatic rings. The highest BCUT2D eigenvalue weighted by Gasteiger charge is 2.32. The molecule has 1 aliphatic heterocycles. The van der Waals surface area contributed by atoms with Gasteiger partial charge in [0, 0.05) is 36.9 Å². The van der Waals surface area contributed by atoms with Crippen LogP contribution < -0.4 is 14.4 Å². The monoisotopic (exact) mass is 505 g/mol. The highest BCUT2D eigenvalue weighted by molar-refractivity contribution is 7.89. The first kappa shape index (κ1) is 25.1. The van der Waals surface area contributed by atoms with Crippen LogP contribution in [0.1, 0.15) is 12.5 Å². The number of carbonyl (C=O) groups excluding carboxylic acids is 1. The normalized spacial score (nSPS) is 15.9. The molecule has 1 fully saturated rings. The Labute approximate surface area is 195 Å². The molecule has 1 heterocycles. The summed E-state index contributed by atoms with van der Waals surface area (Å²) in [4.78, 5) is 15.9. The summed E-state index contributed by atoms with van der Waals surface area (Å²) < 4.78 is 71.9. The molecule has 3 rings (SSSR count). The molecule has 7 nitrogen and oxygen atoms in total. The van der Waals surface area contributed by atoms with Gasteiger partial charge in [-0.05, 0) is 43.3 Å². The van der Waals surface area contributed by atoms with Crippen molar-refractivity contribution in [3.05, 3.63) is 53.1 Å². The molecule has 1 N–H and O–H groups in total. The van der Waals surface area contributed by atoms with Crippen molar-refractivity contribution < 1.29 is 31.1 Å². The molecule has 1 atom stereocenters. The van der Waals surface area contributed by atoms with Gasteiger partial charge in [0.25, 0.3) is 0 Å². The Bertz CT molecular complexity index is 1120. The summed E-state index contributed by atoms with van der Waals surface area (Å²) >= 11 is 5.91. The molecule has 180 valence electrons. The summed E-state index contributed by atoms with van der Waals surface area (Å²) in [5.74, 6) is -0.357. The maximum atomic E-state index is 13.0. The quantitative estimate of drug-likeness (QED) is 0.651. The molecule has 0 aliphatic carbocycles. The first-order chi connectivity index (χ1) is 15.4. The van der Waals surface area contributed by atoms with E-state index in [0.29, 0.717) is 18.8 Å². The molecule has 0 radical (unpaired) electrons. The summed E-state index contributed by atoms with van der Waals surface area (Å²) in [5.41, 5.74) is -0.322. The van der Waals surface area contributed by atoms with Gasteiger partial charge in [-0.2, -0.15) is 17.9 Å². The zero-order chi connectivity index (χ0) is 24.4. The van der Waals surface area contributed by atoms with E-state index >= 15 is 0 Å². The smallest absolute Gasteiger partial charge is 0.416 e. The van der Waals surface area contributed by atoms with E-state index < -0.39 is 33.7 Å². The average Bonchev–Trinajstić information content (AvgIpc) is 2.78. The van der Waals surface area contributed by atoms with E-state index in [1.807, 2.05) is 0 Å². The first-order valence-corrected chi connectivity index (χ1v) is 11.9. The van der Waals surface area contributed by atoms with Gasteiger partial charge in [0.1, 0.15) is 10.6 Å². The van der Waals surface area contributed by atoms with Crippen LogP contribution >= 0.6 is 11.6 Å². The Hall–Kier alpha value is -2.50. The van der Waals surface area contributed by atoms with Crippen molar-refractivity contribution in [1.29, 1.82) is 0 Å². The van der Waals surface area contributed by atoms with Crippen LogP contribution in [-0.4, -0.2) is 58.6 Å². The minimum Gasteiger partial charge on any atom is -0.495 e. The topological polar surface area (TPSA) is 78.9 Å². The van der Waals surface area contributed by atoms with Crippen molar-refractivity contribution in [1.82, 2.24) is 9.62 Å². The van der Waals surface area contributed by atoms with Gasteiger partial charge in [-0.25, -0.2) is 8.42 Å². The number of piperazine rings is 1. The molecule has 12 heteroatoms. The maximum absolute atomic E-state index is 13.0. The zero-order valence-electron chi connectivity index (χ0n) is 17.9. The van der Waals surface area contributed by atoms with E-state index in [0.717, 1.165) is 12.1 Å². The van der Waals surface area contributed by atoms with E-state index in [1.54, 1.807) is 11.0 Å². The number of alkyl halides is 3. The fraction of sp³-hybridized carbons (Fsp3) is 0.381. The van der Waals surface area contributed by atoms with Crippen LogP contribution in [0.5, 0.6) is 5.75 Å². The lowest BCUT2D eigenvalue weighted by Crippen LogP contribution is -2.54. The van der Waals surface area contributed by atoms with Gasteiger partial charge in [-0.1, -0.05) is 17.7 Å². The maximum Gasteiger partial charge on any atom is 0.416 e. The standard InChI is InChI=1S/C21H23ClF3N3O4S/c1-14(26-33(30,31)19-13-16(22)6-7-18(19)32-2)20(29)28-10-8-27(9-11-28)17-5-3-4-15(12-17)21(23,24)25/h3-7,12-14,26H,8-11H2,1-2H3/t14-/m1/s1. The number of nitrogens with zero attached hydrogens (tertiary/aromatic N) is 2. The molecule has 33 heavy (non-hydrogen) atoms. The van der Waals surface area contributed by atoms with E-state index in [-0.39, 0.29) is 28.8 Å². The molecule has 0 bridgehead atoms. The number of methoxy groups -OCH3 is 1. The molecule has 0 aromatic heterocycles. The van der Waals surface area contributed by atoms with Gasteiger partial charge in [-0.15, -0.1) is 0 Å². The summed E-state index contributed by atoms with van der Waals surface area (Å²) in [7, 11) is -2.78. The number of sulfonamides is 1. The molecule has 0 unspecified atom stereocenters. The zero-order valence-corrected chi connectivity index (χ0v) is 19.5. The number of ether oxygens (including phenoxy) is 1. The minimum atomic E-state index is -4.44. The Morgan fingerprint density at radius 3 is 2.39 bits per heavy atom. The fourth-order valence-electron chi connectivity index (χ4n) is 3.54. The van der Waals surface area contributed by atoms with Crippen LogP contribution in [-0.2, 0) is 21.0 Å². The first-order valence-electron chi connectivity index (χ1n) is 9.99. The van der Waals surface area contributed by atoms with Crippen LogP contribution in [0.4, 0.5) is 18.9 Å². The Balaban J connectivity index is 1.65. The van der Waals surface area contributed by atoms with Crippen LogP contribution in [0.15, 0.2) is 47.4 Å². The number of hydrogen-bond donors (Lipinski definition) is 1. The molecule has 0 saturated carbocycles. The lowest BCUT2D eigenvalue weighted by Gasteiger charge is -2.37. The van der Waals surface area contributed by atoms with Gasteiger partial charge in [0.15, 0.2) is 0 Å². The SMILES string of the molecule is COc1ccc(Cl)cc1S(=O)(=O)N[C@H](C)C(=O)N1CCN(c2cccc(C(F)(F)F)c2)CC1. The van der Waals surface area contributed by atoms with Gasteiger partial charge < -0.3 is 14.5 Å². The third-order valence-corrected chi connectivity index (χ3v) is 7.04. The molecule has 2 aromatic carbocycles. The van der Waals surface area contributed by atoms with E-state index in [9.17, 15) is 26.4 Å². The number of carbonyl (C=O) groups is 1. The summed E-state index contributed by atoms with van der Waals surface area (Å²) in [6, 6.07) is 8.07. The van der Waals surface area contributed by atoms with Crippen molar-refractivity contribution in [3.8, 4) is 5.75 Å². The van der Waals surface area contributed by atoms with E-state index in [2.05, 4.69) is 4.72 Å². The predicted octanol–water partition coefficient (Wildman–Crippen LogP) is 3.38. The highest BCUT2D eigenvalue weighted by Crippen LogP contribution is 2.32. The molecule has 1 amide bonds. The van der Waals surface area contributed by atoms with Crippen molar-refractivity contribution in [2.24, 2.45) is 0 Å². The summed E-state index contributed by atoms with van der Waals surface area (Å²) in [6.45, 7) is 2.53. The third-order valence-electron chi connectivity index (χ3n) is 5.25. The van der Waals surface area contributed by atoms with Crippen LogP contribution in [0, 0.1) is 0 Å². The number of anilines is 1. The molecular formula is C21H23ClF3N3O4S. The van der Waals surface area contributed by atoms with Gasteiger partial charge in [0.05, 0.1) is 18.7 Å². The van der Waals surface area contributed by atoms with Gasteiger partial charge in [-0.3, -0.25) is 4.79 Å². The lowest BCUT2D eigenvalue weighted by molar-refractivity contribution is -0.137. The number of halogens is 4. The van der Waals surface area contributed by atoms with Crippen molar-refractivity contribution >= 4 is 33.2 Å². The van der Waals surface area contributed by atoms with Crippen LogP contribution in [0.3, 0.4) is 0 Å². The minimum absolute atomic E-state index is 0.0845. The Morgan fingerprint density at radius 1 is 1.12 bits per heavy atom. The number of hydrogen-bond acceptors (Lipinski definition) is 5. The summed E-state index contributed by atoms with van der Waals surface area (Å²) in [5, 5.41) is 0.195. The van der Waals surface area contributed by atoms with Crippen molar-refractivity contribution in [3.63, 3.8) is 0 Å². The predicted molar refractivity (Wildman–Crippen MR) is 118 cm³/mol. The number of nitrogens with one attached hydrogen (secondary N) is 1. The van der Waals surface area contributed by atoms with Crippen LogP contribution in [0.25, 0.3) is 0 Å². The van der Waals surface area contributed by atoms with E-state index in [1.165, 1.54) is 43.2 Å². The second-order valence-corrected chi connectivity index (χ2v) is 9.62. The second kappa shape index (κ2) is 9.78. The van der Waals surface area contributed by atoms with Crippen LogP contribution in [0.2, 0.25) is 5.02 Å². The van der Waals surface area contributed by atoms with Crippen molar-refractivity contribution in [2.45, 2.75) is 24.0 Å². The highest BCUT2D eigenvalue weighted by atomic mass is 35.5. The van der Waals surface area contributed by atoms with Gasteiger partial charge in [0.2, 0.25) is 15.9 Å². The molecule has 1 saturated heterocycles. The van der Waals surface area contributed by atoms with Gasteiger partial charge >= 0.3 is 6.18 Å². The Morgan fingerprint density at radius 2 is 1.79 bits per heavy atom. The number of rotatable bonds is 6. The number of amides is 1. The lowest BCUT2D eigenvalue weighted by atomic mass is 10.1. The largest absolute Gasteiger partial charge is 0.495 e.